The lowest BCUT2D eigenvalue weighted by Crippen LogP contribution is -2.45. The first kappa shape index (κ1) is 27.9. The van der Waals surface area contributed by atoms with Crippen LogP contribution in [0.15, 0.2) is 42.5 Å². The van der Waals surface area contributed by atoms with Gasteiger partial charge in [0.05, 0.1) is 18.4 Å². The molecule has 9 nitrogen and oxygen atoms in total. The highest BCUT2D eigenvalue weighted by Crippen LogP contribution is 2.37. The Kier molecular flexibility index (Phi) is 9.32. The molecule has 1 aromatic heterocycles. The molecule has 1 saturated carbocycles. The van der Waals surface area contributed by atoms with Gasteiger partial charge in [-0.15, -0.1) is 0 Å². The number of amides is 1. The van der Waals surface area contributed by atoms with Crippen molar-refractivity contribution in [1.29, 1.82) is 0 Å². The molecule has 10 heteroatoms. The molecule has 1 aliphatic carbocycles. The van der Waals surface area contributed by atoms with Crippen LogP contribution in [0.4, 0.5) is 11.6 Å². The van der Waals surface area contributed by atoms with E-state index in [1.54, 1.807) is 6.07 Å². The molecule has 0 radical (unpaired) electrons. The highest BCUT2D eigenvalue weighted by Gasteiger charge is 2.32. The summed E-state index contributed by atoms with van der Waals surface area (Å²) < 4.78 is 25.4. The van der Waals surface area contributed by atoms with Crippen LogP contribution in [-0.4, -0.2) is 81.9 Å². The molecule has 2 aromatic rings. The largest absolute Gasteiger partial charge is 0.391 e. The summed E-state index contributed by atoms with van der Waals surface area (Å²) in [4.78, 5) is 19.8. The van der Waals surface area contributed by atoms with Crippen LogP contribution in [-0.2, 0) is 16.4 Å². The number of hydrogen-bond donors (Lipinski definition) is 3. The van der Waals surface area contributed by atoms with Crippen LogP contribution in [0, 0.1) is 11.8 Å². The molecular weight excluding hydrogens is 478 g/mol. The molecule has 1 heterocycles. The normalized spacial score (nSPS) is 19.0. The number of aromatic nitrogens is 1. The molecule has 1 fully saturated rings. The molecule has 0 saturated heterocycles. The molecule has 198 valence electrons. The van der Waals surface area contributed by atoms with Gasteiger partial charge in [0, 0.05) is 25.7 Å². The zero-order valence-electron chi connectivity index (χ0n) is 21.8. The summed E-state index contributed by atoms with van der Waals surface area (Å²) in [5.41, 5.74) is 1.28. The number of benzene rings is 1. The molecular formula is C26H39N5O4S. The number of anilines is 2. The first-order valence-corrected chi connectivity index (χ1v) is 14.2. The lowest BCUT2D eigenvalue weighted by atomic mass is 9.98. The average molecular weight is 518 g/mol. The van der Waals surface area contributed by atoms with E-state index in [2.05, 4.69) is 22.5 Å². The van der Waals surface area contributed by atoms with Crippen molar-refractivity contribution >= 4 is 27.6 Å². The average Bonchev–Trinajstić information content (AvgIpc) is 3.54. The van der Waals surface area contributed by atoms with Gasteiger partial charge in [0.25, 0.3) is 5.91 Å². The molecule has 1 amide bonds. The lowest BCUT2D eigenvalue weighted by molar-refractivity contribution is 0.0795. The molecule has 1 aromatic carbocycles. The second kappa shape index (κ2) is 12.0. The topological polar surface area (TPSA) is 115 Å². The summed E-state index contributed by atoms with van der Waals surface area (Å²) in [5, 5.41) is 17.2. The Morgan fingerprint density at radius 2 is 1.86 bits per heavy atom. The monoisotopic (exact) mass is 517 g/mol. The summed E-state index contributed by atoms with van der Waals surface area (Å²) in [5.74, 6) is 1.39. The van der Waals surface area contributed by atoms with Crippen molar-refractivity contribution in [2.24, 2.45) is 11.8 Å². The van der Waals surface area contributed by atoms with Crippen molar-refractivity contribution in [3.8, 4) is 0 Å². The highest BCUT2D eigenvalue weighted by atomic mass is 32.2. The van der Waals surface area contributed by atoms with Crippen LogP contribution in [0.25, 0.3) is 0 Å². The summed E-state index contributed by atoms with van der Waals surface area (Å²) in [6.45, 7) is 3.57. The predicted octanol–water partition coefficient (Wildman–Crippen LogP) is 2.20. The summed E-state index contributed by atoms with van der Waals surface area (Å²) in [6.07, 6.45) is 2.43. The quantitative estimate of drug-likeness (QED) is 0.373. The fraction of sp³-hybridized carbons (Fsp3) is 0.538. The maximum absolute atomic E-state index is 13.4. The first-order valence-electron chi connectivity index (χ1n) is 12.3. The molecule has 0 bridgehead atoms. The van der Waals surface area contributed by atoms with Crippen molar-refractivity contribution in [1.82, 2.24) is 15.2 Å². The molecule has 3 N–H and O–H groups in total. The van der Waals surface area contributed by atoms with Crippen LogP contribution in [0.1, 0.15) is 35.7 Å². The van der Waals surface area contributed by atoms with Crippen molar-refractivity contribution < 1.29 is 18.3 Å². The number of aliphatic hydroxyl groups excluding tert-OH is 1. The third-order valence-corrected chi connectivity index (χ3v) is 7.85. The van der Waals surface area contributed by atoms with Crippen LogP contribution in [0.5, 0.6) is 0 Å². The van der Waals surface area contributed by atoms with Gasteiger partial charge in [-0.3, -0.25) is 9.10 Å². The first-order chi connectivity index (χ1) is 16.9. The fourth-order valence-electron chi connectivity index (χ4n) is 3.98. The van der Waals surface area contributed by atoms with Gasteiger partial charge in [-0.1, -0.05) is 37.3 Å². The van der Waals surface area contributed by atoms with Gasteiger partial charge >= 0.3 is 0 Å². The van der Waals surface area contributed by atoms with Gasteiger partial charge < -0.3 is 20.6 Å². The number of hydrogen-bond acceptors (Lipinski definition) is 7. The predicted molar refractivity (Wildman–Crippen MR) is 144 cm³/mol. The number of nitrogens with one attached hydrogen (secondary N) is 2. The van der Waals surface area contributed by atoms with Crippen LogP contribution >= 0.6 is 0 Å². The zero-order chi connectivity index (χ0) is 26.5. The van der Waals surface area contributed by atoms with Gasteiger partial charge in [0.15, 0.2) is 0 Å². The van der Waals surface area contributed by atoms with Gasteiger partial charge in [0.1, 0.15) is 11.6 Å². The van der Waals surface area contributed by atoms with Gasteiger partial charge in [0.2, 0.25) is 10.0 Å². The van der Waals surface area contributed by atoms with Crippen LogP contribution < -0.4 is 14.9 Å². The van der Waals surface area contributed by atoms with Crippen molar-refractivity contribution in [2.75, 3.05) is 50.1 Å². The zero-order valence-corrected chi connectivity index (χ0v) is 22.6. The standard InChI is InChI=1S/C26H39N5O4S/c1-18-13-21(18)17-27-24-15-20(16-25(29-24)31(4)36(5,34)35)26(33)28-22(23(32)11-12-30(2)3)14-19-9-7-6-8-10-19/h6-10,15-16,18,21-23,32H,11-14,17H2,1-5H3,(H,27,29)(H,28,33)/t18?,21?,22-,23?/m0/s1. The Morgan fingerprint density at radius 3 is 2.44 bits per heavy atom. The second-order valence-corrected chi connectivity index (χ2v) is 12.1. The Balaban J connectivity index is 1.85. The second-order valence-electron chi connectivity index (χ2n) is 10.1. The van der Waals surface area contributed by atoms with Crippen LogP contribution in [0.3, 0.4) is 0 Å². The molecule has 0 aliphatic heterocycles. The molecule has 1 aliphatic rings. The maximum Gasteiger partial charge on any atom is 0.251 e. The Labute approximate surface area is 215 Å². The number of nitrogens with zero attached hydrogens (tertiary/aromatic N) is 3. The summed E-state index contributed by atoms with van der Waals surface area (Å²) >= 11 is 0. The SMILES string of the molecule is CC1CC1CNc1cc(C(=O)N[C@@H](Cc2ccccc2)C(O)CCN(C)C)cc(N(C)S(C)(=O)=O)n1. The van der Waals surface area contributed by atoms with Gasteiger partial charge in [-0.25, -0.2) is 13.4 Å². The van der Waals surface area contributed by atoms with E-state index in [9.17, 15) is 18.3 Å². The van der Waals surface area contributed by atoms with E-state index in [4.69, 9.17) is 0 Å². The molecule has 0 spiro atoms. The Morgan fingerprint density at radius 1 is 1.19 bits per heavy atom. The van der Waals surface area contributed by atoms with E-state index >= 15 is 0 Å². The maximum atomic E-state index is 13.4. The molecule has 3 unspecified atom stereocenters. The van der Waals surface area contributed by atoms with Crippen molar-refractivity contribution in [2.45, 2.75) is 38.3 Å². The number of carbonyl (C=O) groups excluding carboxylic acids is 1. The van der Waals surface area contributed by atoms with Gasteiger partial charge in [-0.05, 0) is 62.9 Å². The minimum atomic E-state index is -3.57. The Hall–Kier alpha value is -2.69. The number of aliphatic hydroxyl groups is 1. The third-order valence-electron chi connectivity index (χ3n) is 6.67. The number of carbonyl (C=O) groups is 1. The molecule has 36 heavy (non-hydrogen) atoms. The smallest absolute Gasteiger partial charge is 0.251 e. The van der Waals surface area contributed by atoms with Crippen molar-refractivity contribution in [3.63, 3.8) is 0 Å². The van der Waals surface area contributed by atoms with E-state index < -0.39 is 28.1 Å². The summed E-state index contributed by atoms with van der Waals surface area (Å²) in [6, 6.07) is 12.3. The number of pyridine rings is 1. The van der Waals surface area contributed by atoms with Gasteiger partial charge in [-0.2, -0.15) is 0 Å². The minimum Gasteiger partial charge on any atom is -0.391 e. The van der Waals surface area contributed by atoms with Crippen LogP contribution in [0.2, 0.25) is 0 Å². The molecule has 4 atom stereocenters. The van der Waals surface area contributed by atoms with E-state index in [0.29, 0.717) is 43.6 Å². The fourth-order valence-corrected chi connectivity index (χ4v) is 4.42. The lowest BCUT2D eigenvalue weighted by Gasteiger charge is -2.26. The Bertz CT molecular complexity index is 1130. The van der Waals surface area contributed by atoms with E-state index in [1.807, 2.05) is 49.3 Å². The highest BCUT2D eigenvalue weighted by molar-refractivity contribution is 7.92. The van der Waals surface area contributed by atoms with E-state index in [-0.39, 0.29) is 11.4 Å². The van der Waals surface area contributed by atoms with E-state index in [1.165, 1.54) is 13.1 Å². The third kappa shape index (κ3) is 8.18. The minimum absolute atomic E-state index is 0.157. The van der Waals surface area contributed by atoms with Crippen molar-refractivity contribution in [3.05, 3.63) is 53.6 Å². The summed E-state index contributed by atoms with van der Waals surface area (Å²) in [7, 11) is 1.71. The number of sulfonamides is 1. The molecule has 3 rings (SSSR count). The van der Waals surface area contributed by atoms with E-state index in [0.717, 1.165) is 22.5 Å². The number of rotatable bonds is 13.